The lowest BCUT2D eigenvalue weighted by Gasteiger charge is -2.22. The number of anilines is 1. The van der Waals surface area contributed by atoms with Crippen LogP contribution < -0.4 is 5.32 Å². The van der Waals surface area contributed by atoms with Crippen LogP contribution in [0.5, 0.6) is 0 Å². The van der Waals surface area contributed by atoms with E-state index in [0.717, 1.165) is 0 Å². The molecule has 1 aromatic heterocycles. The maximum Gasteiger partial charge on any atom is 0.471 e. The highest BCUT2D eigenvalue weighted by Crippen LogP contribution is 2.21. The molecule has 4 nitrogen and oxygen atoms in total. The van der Waals surface area contributed by atoms with Gasteiger partial charge in [-0.15, -0.1) is 11.3 Å². The zero-order valence-electron chi connectivity index (χ0n) is 12.8. The number of carbonyl (C=O) groups excluding carboxylic acids is 2. The fourth-order valence-electron chi connectivity index (χ4n) is 2.07. The molecule has 2 amide bonds. The largest absolute Gasteiger partial charge is 0.471 e. The molecule has 0 radical (unpaired) electrons. The van der Waals surface area contributed by atoms with Crippen molar-refractivity contribution < 1.29 is 22.8 Å². The van der Waals surface area contributed by atoms with Crippen LogP contribution in [-0.2, 0) is 11.3 Å². The van der Waals surface area contributed by atoms with E-state index in [4.69, 9.17) is 0 Å². The van der Waals surface area contributed by atoms with Crippen LogP contribution in [0.3, 0.4) is 0 Å². The van der Waals surface area contributed by atoms with Crippen molar-refractivity contribution in [1.29, 1.82) is 0 Å². The van der Waals surface area contributed by atoms with Gasteiger partial charge in [-0.3, -0.25) is 9.59 Å². The molecular weight excluding hydrogens is 341 g/mol. The zero-order chi connectivity index (χ0) is 17.7. The second kappa shape index (κ2) is 7.48. The Labute approximate surface area is 140 Å². The summed E-state index contributed by atoms with van der Waals surface area (Å²) in [6.07, 6.45) is -4.90. The Bertz CT molecular complexity index is 714. The van der Waals surface area contributed by atoms with Gasteiger partial charge in [0.2, 0.25) is 0 Å². The number of hydrogen-bond donors (Lipinski definition) is 1. The van der Waals surface area contributed by atoms with Gasteiger partial charge in [0.1, 0.15) is 0 Å². The van der Waals surface area contributed by atoms with Crippen LogP contribution in [0, 0.1) is 0 Å². The minimum absolute atomic E-state index is 0.0654. The molecule has 1 aromatic carbocycles. The molecule has 1 heterocycles. The quantitative estimate of drug-likeness (QED) is 0.883. The summed E-state index contributed by atoms with van der Waals surface area (Å²) in [6, 6.07) is 9.83. The van der Waals surface area contributed by atoms with Gasteiger partial charge in [-0.05, 0) is 36.1 Å². The van der Waals surface area contributed by atoms with Crippen LogP contribution in [0.15, 0.2) is 41.8 Å². The van der Waals surface area contributed by atoms with Gasteiger partial charge >= 0.3 is 12.1 Å². The molecule has 0 saturated carbocycles. The highest BCUT2D eigenvalue weighted by Gasteiger charge is 2.41. The molecular formula is C16H15F3N2O2S. The van der Waals surface area contributed by atoms with E-state index in [0.29, 0.717) is 21.0 Å². The maximum absolute atomic E-state index is 12.6. The highest BCUT2D eigenvalue weighted by molar-refractivity contribution is 7.12. The number of amides is 2. The van der Waals surface area contributed by atoms with E-state index in [9.17, 15) is 22.8 Å². The molecule has 0 aliphatic rings. The lowest BCUT2D eigenvalue weighted by molar-refractivity contribution is -0.185. The molecule has 0 fully saturated rings. The van der Waals surface area contributed by atoms with E-state index in [-0.39, 0.29) is 19.0 Å². The van der Waals surface area contributed by atoms with Crippen molar-refractivity contribution in [1.82, 2.24) is 4.90 Å². The summed E-state index contributed by atoms with van der Waals surface area (Å²) < 4.78 is 37.7. The van der Waals surface area contributed by atoms with Gasteiger partial charge in [0.15, 0.2) is 0 Å². The van der Waals surface area contributed by atoms with Crippen LogP contribution in [-0.4, -0.2) is 29.4 Å². The molecule has 2 rings (SSSR count). The predicted octanol–water partition coefficient (Wildman–Crippen LogP) is 3.91. The third-order valence-corrected chi connectivity index (χ3v) is 4.08. The Hall–Kier alpha value is -2.35. The van der Waals surface area contributed by atoms with Crippen LogP contribution in [0.2, 0.25) is 0 Å². The topological polar surface area (TPSA) is 49.4 Å². The van der Waals surface area contributed by atoms with Crippen LogP contribution >= 0.6 is 11.3 Å². The summed E-state index contributed by atoms with van der Waals surface area (Å²) in [5.41, 5.74) is 0.958. The molecule has 24 heavy (non-hydrogen) atoms. The molecule has 8 heteroatoms. The van der Waals surface area contributed by atoms with Crippen molar-refractivity contribution in [2.45, 2.75) is 19.6 Å². The van der Waals surface area contributed by atoms with E-state index in [1.807, 2.05) is 0 Å². The first-order valence-electron chi connectivity index (χ1n) is 7.11. The van der Waals surface area contributed by atoms with Crippen molar-refractivity contribution in [3.63, 3.8) is 0 Å². The first kappa shape index (κ1) is 18.0. The van der Waals surface area contributed by atoms with Crippen LogP contribution in [0.1, 0.15) is 22.2 Å². The maximum atomic E-state index is 12.6. The van der Waals surface area contributed by atoms with Crippen LogP contribution in [0.25, 0.3) is 0 Å². The minimum Gasteiger partial charge on any atom is -0.331 e. The Morgan fingerprint density at radius 2 is 1.96 bits per heavy atom. The van der Waals surface area contributed by atoms with Crippen LogP contribution in [0.4, 0.5) is 18.9 Å². The Morgan fingerprint density at radius 3 is 2.54 bits per heavy atom. The fourth-order valence-corrected chi connectivity index (χ4v) is 2.69. The molecule has 128 valence electrons. The van der Waals surface area contributed by atoms with Crippen molar-refractivity contribution in [3.05, 3.63) is 52.2 Å². The van der Waals surface area contributed by atoms with E-state index < -0.39 is 12.1 Å². The Kier molecular flexibility index (Phi) is 5.61. The third-order valence-electron chi connectivity index (χ3n) is 3.21. The molecule has 0 aliphatic heterocycles. The van der Waals surface area contributed by atoms with Gasteiger partial charge in [-0.2, -0.15) is 13.2 Å². The minimum atomic E-state index is -4.90. The lowest BCUT2D eigenvalue weighted by Crippen LogP contribution is -2.40. The van der Waals surface area contributed by atoms with Crippen molar-refractivity contribution in [2.75, 3.05) is 11.9 Å². The number of nitrogens with one attached hydrogen (secondary N) is 1. The van der Waals surface area contributed by atoms with Crippen molar-refractivity contribution >= 4 is 28.8 Å². The Balaban J connectivity index is 2.09. The Morgan fingerprint density at radius 1 is 1.21 bits per heavy atom. The average molecular weight is 356 g/mol. The number of rotatable bonds is 5. The molecule has 0 spiro atoms. The number of benzene rings is 1. The van der Waals surface area contributed by atoms with Gasteiger partial charge in [-0.25, -0.2) is 0 Å². The first-order valence-corrected chi connectivity index (χ1v) is 7.99. The number of alkyl halides is 3. The van der Waals surface area contributed by atoms with Crippen molar-refractivity contribution in [3.8, 4) is 0 Å². The average Bonchev–Trinajstić information content (AvgIpc) is 3.06. The van der Waals surface area contributed by atoms with Gasteiger partial charge in [0.25, 0.3) is 5.91 Å². The molecule has 0 saturated heterocycles. The second-order valence-corrected chi connectivity index (χ2v) is 5.90. The highest BCUT2D eigenvalue weighted by atomic mass is 32.1. The standard InChI is InChI=1S/C16H15F3N2O2S/c1-2-21(15(23)16(17,18)19)10-11-5-3-6-12(9-11)20-14(22)13-7-4-8-24-13/h3-9H,2,10H2,1H3,(H,20,22). The molecule has 2 aromatic rings. The van der Waals surface area contributed by atoms with E-state index in [1.165, 1.54) is 18.3 Å². The molecule has 0 atom stereocenters. The SMILES string of the molecule is CCN(Cc1cccc(NC(=O)c2cccs2)c1)C(=O)C(F)(F)F. The lowest BCUT2D eigenvalue weighted by atomic mass is 10.2. The monoisotopic (exact) mass is 356 g/mol. The molecule has 1 N–H and O–H groups in total. The van der Waals surface area contributed by atoms with E-state index >= 15 is 0 Å². The summed E-state index contributed by atoms with van der Waals surface area (Å²) in [7, 11) is 0. The number of halogens is 3. The van der Waals surface area contributed by atoms with Gasteiger partial charge in [-0.1, -0.05) is 18.2 Å². The van der Waals surface area contributed by atoms with Gasteiger partial charge in [0, 0.05) is 18.8 Å². The van der Waals surface area contributed by atoms with Gasteiger partial charge in [0.05, 0.1) is 4.88 Å². The van der Waals surface area contributed by atoms with Crippen molar-refractivity contribution in [2.24, 2.45) is 0 Å². The number of carbonyl (C=O) groups is 2. The number of hydrogen-bond acceptors (Lipinski definition) is 3. The molecule has 0 unspecified atom stereocenters. The first-order chi connectivity index (χ1) is 11.3. The number of thiophene rings is 1. The second-order valence-electron chi connectivity index (χ2n) is 4.95. The van der Waals surface area contributed by atoms with E-state index in [2.05, 4.69) is 5.32 Å². The number of nitrogens with zero attached hydrogens (tertiary/aromatic N) is 1. The molecule has 0 bridgehead atoms. The summed E-state index contributed by atoms with van der Waals surface area (Å²) in [5.74, 6) is -2.17. The fraction of sp³-hybridized carbons (Fsp3) is 0.250. The summed E-state index contributed by atoms with van der Waals surface area (Å²) in [6.45, 7) is 1.23. The zero-order valence-corrected chi connectivity index (χ0v) is 13.6. The normalized spacial score (nSPS) is 11.2. The molecule has 0 aliphatic carbocycles. The third kappa shape index (κ3) is 4.58. The summed E-state index contributed by atoms with van der Waals surface area (Å²) >= 11 is 1.29. The smallest absolute Gasteiger partial charge is 0.331 e. The van der Waals surface area contributed by atoms with E-state index in [1.54, 1.807) is 41.8 Å². The summed E-state index contributed by atoms with van der Waals surface area (Å²) in [4.78, 5) is 24.6. The summed E-state index contributed by atoms with van der Waals surface area (Å²) in [5, 5.41) is 4.45. The van der Waals surface area contributed by atoms with Gasteiger partial charge < -0.3 is 10.2 Å². The predicted molar refractivity (Wildman–Crippen MR) is 85.9 cm³/mol.